The lowest BCUT2D eigenvalue weighted by Gasteiger charge is -2.12. The normalized spacial score (nSPS) is 13.7. The van der Waals surface area contributed by atoms with Gasteiger partial charge in [0.2, 0.25) is 5.12 Å². The molecule has 7 heteroatoms. The van der Waals surface area contributed by atoms with E-state index in [0.717, 1.165) is 34.4 Å². The van der Waals surface area contributed by atoms with Crippen molar-refractivity contribution in [1.29, 1.82) is 0 Å². The van der Waals surface area contributed by atoms with Crippen LogP contribution in [-0.4, -0.2) is 14.7 Å². The maximum atomic E-state index is 13.1. The van der Waals surface area contributed by atoms with E-state index >= 15 is 0 Å². The molecule has 0 saturated carbocycles. The Labute approximate surface area is 163 Å². The molecule has 26 heavy (non-hydrogen) atoms. The second kappa shape index (κ2) is 7.50. The van der Waals surface area contributed by atoms with Crippen LogP contribution in [0.25, 0.3) is 10.2 Å². The Kier molecular flexibility index (Phi) is 5.11. The molecule has 4 rings (SSSR count). The van der Waals surface area contributed by atoms with E-state index < -0.39 is 0 Å². The van der Waals surface area contributed by atoms with Crippen LogP contribution in [-0.2, 0) is 25.1 Å². The Morgan fingerprint density at radius 3 is 3.00 bits per heavy atom. The van der Waals surface area contributed by atoms with Gasteiger partial charge in [-0.05, 0) is 42.7 Å². The van der Waals surface area contributed by atoms with E-state index in [0.29, 0.717) is 18.1 Å². The van der Waals surface area contributed by atoms with Crippen LogP contribution in [0, 0.1) is 0 Å². The third-order valence-electron chi connectivity index (χ3n) is 4.52. The molecular formula is C19H18N2O2S3. The van der Waals surface area contributed by atoms with Crippen LogP contribution in [0.2, 0.25) is 0 Å². The molecule has 0 spiro atoms. The molecule has 4 nitrogen and oxygen atoms in total. The largest absolute Gasteiger partial charge is 0.291 e. The number of thioether (sulfide) groups is 1. The van der Waals surface area contributed by atoms with Crippen molar-refractivity contribution >= 4 is 49.8 Å². The molecule has 0 aromatic carbocycles. The molecule has 0 N–H and O–H groups in total. The Hall–Kier alpha value is -1.70. The average molecular weight is 403 g/mol. The number of rotatable bonds is 5. The number of aryl methyl sites for hydroxylation is 2. The summed E-state index contributed by atoms with van der Waals surface area (Å²) >= 11 is 4.27. The van der Waals surface area contributed by atoms with Crippen molar-refractivity contribution in [3.05, 3.63) is 61.7 Å². The molecule has 0 bridgehead atoms. The van der Waals surface area contributed by atoms with Gasteiger partial charge in [-0.15, -0.1) is 29.3 Å². The second-order valence-electron chi connectivity index (χ2n) is 6.18. The van der Waals surface area contributed by atoms with Crippen LogP contribution in [0.4, 0.5) is 0 Å². The molecule has 3 aromatic heterocycles. The summed E-state index contributed by atoms with van der Waals surface area (Å²) in [7, 11) is 0. The lowest BCUT2D eigenvalue weighted by molar-refractivity contribution is 0.109. The van der Waals surface area contributed by atoms with Gasteiger partial charge < -0.3 is 0 Å². The lowest BCUT2D eigenvalue weighted by atomic mass is 9.97. The maximum absolute atomic E-state index is 13.1. The summed E-state index contributed by atoms with van der Waals surface area (Å²) in [5.74, 6) is 1.04. The second-order valence-corrected chi connectivity index (χ2v) is 9.16. The highest BCUT2D eigenvalue weighted by molar-refractivity contribution is 8.13. The highest BCUT2D eigenvalue weighted by Crippen LogP contribution is 2.34. The van der Waals surface area contributed by atoms with Gasteiger partial charge in [-0.25, -0.2) is 4.98 Å². The number of aromatic nitrogens is 2. The minimum Gasteiger partial charge on any atom is -0.291 e. The summed E-state index contributed by atoms with van der Waals surface area (Å²) in [5.41, 5.74) is 1.20. The van der Waals surface area contributed by atoms with E-state index in [1.54, 1.807) is 22.0 Å². The van der Waals surface area contributed by atoms with Crippen molar-refractivity contribution in [2.45, 2.75) is 38.0 Å². The SMILES string of the molecule is C=CCn1c(CSC(=O)c2cccs2)nc2sc3c(c2c1=O)CCCC3. The van der Waals surface area contributed by atoms with Crippen LogP contribution in [0.15, 0.2) is 35.0 Å². The first-order valence-corrected chi connectivity index (χ1v) is 11.2. The molecule has 0 unspecified atom stereocenters. The number of thiophene rings is 2. The maximum Gasteiger partial charge on any atom is 0.262 e. The van der Waals surface area contributed by atoms with E-state index in [4.69, 9.17) is 4.98 Å². The highest BCUT2D eigenvalue weighted by Gasteiger charge is 2.22. The first-order chi connectivity index (χ1) is 12.7. The van der Waals surface area contributed by atoms with Crippen LogP contribution in [0.1, 0.15) is 38.8 Å². The zero-order valence-electron chi connectivity index (χ0n) is 14.2. The molecule has 0 aliphatic heterocycles. The standard InChI is InChI=1S/C19H18N2O2S3/c1-2-9-21-15(11-25-19(23)14-8-5-10-24-14)20-17-16(18(21)22)12-6-3-4-7-13(12)26-17/h2,5,8,10H,1,3-4,6-7,9,11H2. The number of carbonyl (C=O) groups is 1. The fourth-order valence-electron chi connectivity index (χ4n) is 3.30. The highest BCUT2D eigenvalue weighted by atomic mass is 32.2. The summed E-state index contributed by atoms with van der Waals surface area (Å²) in [4.78, 5) is 33.1. The van der Waals surface area contributed by atoms with Gasteiger partial charge in [0.05, 0.1) is 16.0 Å². The molecule has 1 aliphatic rings. The third-order valence-corrected chi connectivity index (χ3v) is 7.59. The number of allylic oxidation sites excluding steroid dienone is 1. The summed E-state index contributed by atoms with van der Waals surface area (Å²) in [6.07, 6.45) is 6.03. The van der Waals surface area contributed by atoms with E-state index in [9.17, 15) is 9.59 Å². The molecule has 0 amide bonds. The summed E-state index contributed by atoms with van der Waals surface area (Å²) in [5, 5.41) is 2.69. The minimum atomic E-state index is 0.00784. The average Bonchev–Trinajstić information content (AvgIpc) is 3.29. The minimum absolute atomic E-state index is 0.00784. The summed E-state index contributed by atoms with van der Waals surface area (Å²) < 4.78 is 1.67. The first-order valence-electron chi connectivity index (χ1n) is 8.54. The van der Waals surface area contributed by atoms with E-state index in [-0.39, 0.29) is 10.7 Å². The number of nitrogens with zero attached hydrogens (tertiary/aromatic N) is 2. The van der Waals surface area contributed by atoms with Crippen molar-refractivity contribution in [2.24, 2.45) is 0 Å². The van der Waals surface area contributed by atoms with Crippen molar-refractivity contribution in [2.75, 3.05) is 0 Å². The Morgan fingerprint density at radius 1 is 1.38 bits per heavy atom. The van der Waals surface area contributed by atoms with Crippen molar-refractivity contribution in [1.82, 2.24) is 9.55 Å². The van der Waals surface area contributed by atoms with E-state index in [1.165, 1.54) is 40.0 Å². The Balaban J connectivity index is 1.73. The Bertz CT molecular complexity index is 1030. The van der Waals surface area contributed by atoms with Gasteiger partial charge in [0.1, 0.15) is 10.7 Å². The van der Waals surface area contributed by atoms with Gasteiger partial charge in [0.25, 0.3) is 5.56 Å². The van der Waals surface area contributed by atoms with Crippen molar-refractivity contribution in [3.63, 3.8) is 0 Å². The predicted octanol–water partition coefficient (Wildman–Crippen LogP) is 4.66. The molecular weight excluding hydrogens is 384 g/mol. The van der Waals surface area contributed by atoms with Gasteiger partial charge in [-0.1, -0.05) is 23.9 Å². The molecule has 1 aliphatic carbocycles. The number of hydrogen-bond acceptors (Lipinski definition) is 6. The quantitative estimate of drug-likeness (QED) is 0.583. The van der Waals surface area contributed by atoms with E-state index in [1.807, 2.05) is 17.5 Å². The van der Waals surface area contributed by atoms with Crippen molar-refractivity contribution in [3.8, 4) is 0 Å². The molecule has 3 heterocycles. The Morgan fingerprint density at radius 2 is 2.23 bits per heavy atom. The monoisotopic (exact) mass is 402 g/mol. The van der Waals surface area contributed by atoms with E-state index in [2.05, 4.69) is 6.58 Å². The molecule has 0 atom stereocenters. The topological polar surface area (TPSA) is 52.0 Å². The first kappa shape index (κ1) is 17.7. The van der Waals surface area contributed by atoms with Gasteiger partial charge in [-0.2, -0.15) is 0 Å². The summed E-state index contributed by atoms with van der Waals surface area (Å²) in [6.45, 7) is 4.18. The number of fused-ring (bicyclic) bond motifs is 3. The zero-order valence-corrected chi connectivity index (χ0v) is 16.6. The molecule has 0 radical (unpaired) electrons. The third kappa shape index (κ3) is 3.19. The molecule has 134 valence electrons. The lowest BCUT2D eigenvalue weighted by Crippen LogP contribution is -2.25. The van der Waals surface area contributed by atoms with Crippen LogP contribution in [0.5, 0.6) is 0 Å². The zero-order chi connectivity index (χ0) is 18.1. The van der Waals surface area contributed by atoms with Crippen LogP contribution >= 0.6 is 34.4 Å². The number of hydrogen-bond donors (Lipinski definition) is 0. The smallest absolute Gasteiger partial charge is 0.262 e. The van der Waals surface area contributed by atoms with Gasteiger partial charge >= 0.3 is 0 Å². The van der Waals surface area contributed by atoms with Gasteiger partial charge in [-0.3, -0.25) is 14.2 Å². The molecule has 3 aromatic rings. The van der Waals surface area contributed by atoms with Gasteiger partial charge in [0.15, 0.2) is 0 Å². The molecule has 0 fully saturated rings. The predicted molar refractivity (Wildman–Crippen MR) is 111 cm³/mol. The van der Waals surface area contributed by atoms with Gasteiger partial charge in [0, 0.05) is 11.4 Å². The van der Waals surface area contributed by atoms with Crippen molar-refractivity contribution < 1.29 is 4.79 Å². The molecule has 0 saturated heterocycles. The fraction of sp³-hybridized carbons (Fsp3) is 0.316. The van der Waals surface area contributed by atoms with Crippen LogP contribution < -0.4 is 5.56 Å². The number of carbonyl (C=O) groups excluding carboxylic acids is 1. The van der Waals surface area contributed by atoms with Crippen LogP contribution in [0.3, 0.4) is 0 Å². The summed E-state index contributed by atoms with van der Waals surface area (Å²) in [6, 6.07) is 3.69. The fourth-order valence-corrected chi connectivity index (χ4v) is 6.14.